The molecule has 1 heterocycles. The number of aliphatic hydroxyl groups is 1. The Bertz CT molecular complexity index is 229. The Morgan fingerprint density at radius 3 is 2.50 bits per heavy atom. The highest BCUT2D eigenvalue weighted by atomic mass is 16.3. The Hall–Kier alpha value is -0.120. The van der Waals surface area contributed by atoms with Crippen LogP contribution in [0.15, 0.2) is 0 Å². The Morgan fingerprint density at radius 2 is 1.94 bits per heavy atom. The average Bonchev–Trinajstić information content (AvgIpc) is 2.76. The van der Waals surface area contributed by atoms with Gasteiger partial charge in [0.05, 0.1) is 5.60 Å². The molecule has 3 nitrogen and oxygen atoms in total. The third-order valence-corrected chi connectivity index (χ3v) is 4.38. The lowest BCUT2D eigenvalue weighted by Gasteiger charge is -2.30. The van der Waals surface area contributed by atoms with Crippen LogP contribution in [0, 0.1) is 5.92 Å². The molecule has 18 heavy (non-hydrogen) atoms. The quantitative estimate of drug-likeness (QED) is 0.721. The maximum absolute atomic E-state index is 10.4. The fourth-order valence-electron chi connectivity index (χ4n) is 3.01. The van der Waals surface area contributed by atoms with E-state index in [4.69, 9.17) is 0 Å². The zero-order chi connectivity index (χ0) is 13.6. The van der Waals surface area contributed by atoms with Gasteiger partial charge in [0.2, 0.25) is 0 Å². The molecule has 0 saturated carbocycles. The van der Waals surface area contributed by atoms with E-state index in [1.807, 2.05) is 0 Å². The standard InChI is InChI=1S/C15H32N2O/c1-5-9-16(4)11-14-8-10-17(12-14)13-15(18,6-2)7-3/h14,18H,5-13H2,1-4H3. The van der Waals surface area contributed by atoms with Crippen LogP contribution in [0.5, 0.6) is 0 Å². The first-order valence-corrected chi connectivity index (χ1v) is 7.66. The van der Waals surface area contributed by atoms with Crippen molar-refractivity contribution in [3.63, 3.8) is 0 Å². The van der Waals surface area contributed by atoms with Crippen molar-refractivity contribution in [1.82, 2.24) is 9.80 Å². The van der Waals surface area contributed by atoms with Gasteiger partial charge in [-0.25, -0.2) is 0 Å². The van der Waals surface area contributed by atoms with E-state index in [2.05, 4.69) is 37.6 Å². The summed E-state index contributed by atoms with van der Waals surface area (Å²) >= 11 is 0. The summed E-state index contributed by atoms with van der Waals surface area (Å²) in [5.41, 5.74) is -0.468. The molecule has 0 spiro atoms. The summed E-state index contributed by atoms with van der Waals surface area (Å²) in [5.74, 6) is 0.791. The van der Waals surface area contributed by atoms with Crippen LogP contribution in [0.4, 0.5) is 0 Å². The predicted molar refractivity (Wildman–Crippen MR) is 77.9 cm³/mol. The maximum atomic E-state index is 10.4. The van der Waals surface area contributed by atoms with Gasteiger partial charge in [0, 0.05) is 19.6 Å². The minimum Gasteiger partial charge on any atom is -0.389 e. The number of hydrogen-bond acceptors (Lipinski definition) is 3. The first-order chi connectivity index (χ1) is 8.53. The van der Waals surface area contributed by atoms with Crippen LogP contribution in [0.3, 0.4) is 0 Å². The zero-order valence-corrected chi connectivity index (χ0v) is 12.8. The summed E-state index contributed by atoms with van der Waals surface area (Å²) in [6.07, 6.45) is 4.25. The summed E-state index contributed by atoms with van der Waals surface area (Å²) in [4.78, 5) is 4.90. The number of β-amino-alcohol motifs (C(OH)–C–C–N with tert-alkyl or cyclic N) is 1. The Balaban J connectivity index is 2.32. The van der Waals surface area contributed by atoms with Gasteiger partial charge >= 0.3 is 0 Å². The SMILES string of the molecule is CCCN(C)CC1CCN(CC(O)(CC)CC)C1. The third-order valence-electron chi connectivity index (χ3n) is 4.38. The first kappa shape index (κ1) is 15.9. The van der Waals surface area contributed by atoms with Crippen LogP contribution >= 0.6 is 0 Å². The van der Waals surface area contributed by atoms with Gasteiger partial charge in [-0.05, 0) is 51.7 Å². The smallest absolute Gasteiger partial charge is 0.0768 e. The molecule has 1 N–H and O–H groups in total. The van der Waals surface area contributed by atoms with Crippen molar-refractivity contribution in [3.05, 3.63) is 0 Å². The van der Waals surface area contributed by atoms with Crippen molar-refractivity contribution in [2.75, 3.05) is 39.8 Å². The second-order valence-electron chi connectivity index (χ2n) is 6.08. The van der Waals surface area contributed by atoms with Crippen molar-refractivity contribution >= 4 is 0 Å². The van der Waals surface area contributed by atoms with Gasteiger partial charge < -0.3 is 14.9 Å². The molecule has 1 aliphatic rings. The third kappa shape index (κ3) is 4.87. The fraction of sp³-hybridized carbons (Fsp3) is 1.00. The lowest BCUT2D eigenvalue weighted by atomic mass is 9.97. The van der Waals surface area contributed by atoms with Gasteiger partial charge in [0.15, 0.2) is 0 Å². The Morgan fingerprint density at radius 1 is 1.28 bits per heavy atom. The second-order valence-corrected chi connectivity index (χ2v) is 6.08. The predicted octanol–water partition coefficient (Wildman–Crippen LogP) is 2.20. The lowest BCUT2D eigenvalue weighted by Crippen LogP contribution is -2.41. The van der Waals surface area contributed by atoms with E-state index in [-0.39, 0.29) is 0 Å². The summed E-state index contributed by atoms with van der Waals surface area (Å²) in [7, 11) is 2.22. The van der Waals surface area contributed by atoms with E-state index in [1.54, 1.807) is 0 Å². The molecule has 3 heteroatoms. The minimum absolute atomic E-state index is 0.468. The Labute approximate surface area is 113 Å². The number of hydrogen-bond donors (Lipinski definition) is 1. The molecule has 0 aromatic carbocycles. The van der Waals surface area contributed by atoms with E-state index in [0.29, 0.717) is 0 Å². The Kier molecular flexibility index (Phi) is 6.61. The number of nitrogens with zero attached hydrogens (tertiary/aromatic N) is 2. The summed E-state index contributed by atoms with van der Waals surface area (Å²) in [6, 6.07) is 0. The molecule has 1 saturated heterocycles. The van der Waals surface area contributed by atoms with Crippen LogP contribution < -0.4 is 0 Å². The average molecular weight is 256 g/mol. The van der Waals surface area contributed by atoms with Gasteiger partial charge in [-0.1, -0.05) is 20.8 Å². The lowest BCUT2D eigenvalue weighted by molar-refractivity contribution is 0.00139. The van der Waals surface area contributed by atoms with Crippen LogP contribution in [0.2, 0.25) is 0 Å². The molecule has 1 aliphatic heterocycles. The molecule has 0 aromatic rings. The first-order valence-electron chi connectivity index (χ1n) is 7.66. The maximum Gasteiger partial charge on any atom is 0.0768 e. The molecule has 0 radical (unpaired) electrons. The number of likely N-dealkylation sites (tertiary alicyclic amines) is 1. The van der Waals surface area contributed by atoms with Crippen LogP contribution in [-0.4, -0.2) is 60.3 Å². The van der Waals surface area contributed by atoms with Crippen molar-refractivity contribution < 1.29 is 5.11 Å². The monoisotopic (exact) mass is 256 g/mol. The van der Waals surface area contributed by atoms with Crippen LogP contribution in [0.1, 0.15) is 46.5 Å². The van der Waals surface area contributed by atoms with Crippen molar-refractivity contribution in [1.29, 1.82) is 0 Å². The molecular formula is C15H32N2O. The highest BCUT2D eigenvalue weighted by molar-refractivity contribution is 4.85. The summed E-state index contributed by atoms with van der Waals surface area (Å²) in [6.45, 7) is 12.0. The van der Waals surface area contributed by atoms with Gasteiger partial charge in [0.25, 0.3) is 0 Å². The van der Waals surface area contributed by atoms with Crippen LogP contribution in [0.25, 0.3) is 0 Å². The topological polar surface area (TPSA) is 26.7 Å². The van der Waals surface area contributed by atoms with Gasteiger partial charge in [-0.3, -0.25) is 0 Å². The molecule has 1 fully saturated rings. The zero-order valence-electron chi connectivity index (χ0n) is 12.8. The molecule has 1 atom stereocenters. The molecule has 1 unspecified atom stereocenters. The summed E-state index contributed by atoms with van der Waals surface area (Å²) < 4.78 is 0. The minimum atomic E-state index is -0.468. The van der Waals surface area contributed by atoms with E-state index in [1.165, 1.54) is 25.9 Å². The largest absolute Gasteiger partial charge is 0.389 e. The highest BCUT2D eigenvalue weighted by Gasteiger charge is 2.30. The number of rotatable bonds is 8. The molecule has 1 rings (SSSR count). The van der Waals surface area contributed by atoms with Crippen molar-refractivity contribution in [3.8, 4) is 0 Å². The van der Waals surface area contributed by atoms with E-state index in [0.717, 1.165) is 38.4 Å². The molecule has 0 aliphatic carbocycles. The van der Waals surface area contributed by atoms with E-state index < -0.39 is 5.60 Å². The van der Waals surface area contributed by atoms with Gasteiger partial charge in [0.1, 0.15) is 0 Å². The normalized spacial score (nSPS) is 22.0. The van der Waals surface area contributed by atoms with Gasteiger partial charge in [-0.15, -0.1) is 0 Å². The van der Waals surface area contributed by atoms with Crippen molar-refractivity contribution in [2.45, 2.75) is 52.1 Å². The summed E-state index contributed by atoms with van der Waals surface area (Å²) in [5, 5.41) is 10.4. The molecule has 108 valence electrons. The molecule has 0 amide bonds. The van der Waals surface area contributed by atoms with Gasteiger partial charge in [-0.2, -0.15) is 0 Å². The highest BCUT2D eigenvalue weighted by Crippen LogP contribution is 2.22. The van der Waals surface area contributed by atoms with Crippen LogP contribution in [-0.2, 0) is 0 Å². The molecule has 0 bridgehead atoms. The fourth-order valence-corrected chi connectivity index (χ4v) is 3.01. The molecule has 0 aromatic heterocycles. The van der Waals surface area contributed by atoms with E-state index in [9.17, 15) is 5.11 Å². The van der Waals surface area contributed by atoms with Crippen molar-refractivity contribution in [2.24, 2.45) is 5.92 Å². The molecular weight excluding hydrogens is 224 g/mol. The van der Waals surface area contributed by atoms with E-state index >= 15 is 0 Å². The second kappa shape index (κ2) is 7.46.